The summed E-state index contributed by atoms with van der Waals surface area (Å²) in [5.41, 5.74) is 2.47. The van der Waals surface area contributed by atoms with Gasteiger partial charge in [-0.2, -0.15) is 0 Å². The zero-order valence-corrected chi connectivity index (χ0v) is 14.6. The van der Waals surface area contributed by atoms with Crippen molar-refractivity contribution in [1.82, 2.24) is 15.0 Å². The summed E-state index contributed by atoms with van der Waals surface area (Å²) in [6.45, 7) is 0. The molecule has 0 unspecified atom stereocenters. The standard InChI is InChI=1S/C21H16N4O2/c1-27-17-8-10-18-15(11-17)7-9-19(25-18)21(26)24-16-12-22-20(23-13-16)14-5-3-2-4-6-14/h2-13H,1H3,(H,24,26). The number of ether oxygens (including phenoxy) is 1. The van der Waals surface area contributed by atoms with E-state index in [9.17, 15) is 4.79 Å². The second-order valence-corrected chi connectivity index (χ2v) is 5.87. The van der Waals surface area contributed by atoms with Gasteiger partial charge < -0.3 is 10.1 Å². The van der Waals surface area contributed by atoms with Gasteiger partial charge in [-0.1, -0.05) is 36.4 Å². The molecular formula is C21H16N4O2. The van der Waals surface area contributed by atoms with Crippen LogP contribution in [-0.4, -0.2) is 28.0 Å². The van der Waals surface area contributed by atoms with Crippen LogP contribution in [0.4, 0.5) is 5.69 Å². The number of nitrogens with one attached hydrogen (secondary N) is 1. The Kier molecular flexibility index (Phi) is 4.45. The number of nitrogens with zero attached hydrogens (tertiary/aromatic N) is 3. The molecule has 0 saturated heterocycles. The first-order chi connectivity index (χ1) is 13.2. The van der Waals surface area contributed by atoms with Crippen molar-refractivity contribution in [3.63, 3.8) is 0 Å². The van der Waals surface area contributed by atoms with Crippen LogP contribution < -0.4 is 10.1 Å². The fourth-order valence-corrected chi connectivity index (χ4v) is 2.68. The van der Waals surface area contributed by atoms with Gasteiger partial charge in [-0.25, -0.2) is 15.0 Å². The number of hydrogen-bond acceptors (Lipinski definition) is 5. The molecule has 0 atom stereocenters. The molecule has 4 rings (SSSR count). The molecule has 2 heterocycles. The fraction of sp³-hybridized carbons (Fsp3) is 0.0476. The molecule has 0 radical (unpaired) electrons. The van der Waals surface area contributed by atoms with Crippen LogP contribution in [0.1, 0.15) is 10.5 Å². The van der Waals surface area contributed by atoms with Gasteiger partial charge in [-0.05, 0) is 24.3 Å². The van der Waals surface area contributed by atoms with Gasteiger partial charge in [-0.3, -0.25) is 4.79 Å². The molecule has 2 aromatic heterocycles. The first-order valence-corrected chi connectivity index (χ1v) is 8.36. The highest BCUT2D eigenvalue weighted by atomic mass is 16.5. The minimum Gasteiger partial charge on any atom is -0.497 e. The van der Waals surface area contributed by atoms with Crippen LogP contribution in [0.15, 0.2) is 73.1 Å². The van der Waals surface area contributed by atoms with Crippen molar-refractivity contribution in [2.24, 2.45) is 0 Å². The Morgan fingerprint density at radius 3 is 2.48 bits per heavy atom. The molecule has 0 spiro atoms. The first kappa shape index (κ1) is 16.7. The Morgan fingerprint density at radius 2 is 1.74 bits per heavy atom. The monoisotopic (exact) mass is 356 g/mol. The summed E-state index contributed by atoms with van der Waals surface area (Å²) in [5.74, 6) is 1.03. The fourth-order valence-electron chi connectivity index (χ4n) is 2.68. The summed E-state index contributed by atoms with van der Waals surface area (Å²) < 4.78 is 5.20. The summed E-state index contributed by atoms with van der Waals surface area (Å²) in [6, 6.07) is 18.7. The Bertz CT molecular complexity index is 1100. The second kappa shape index (κ2) is 7.21. The molecule has 2 aromatic carbocycles. The summed E-state index contributed by atoms with van der Waals surface area (Å²) in [6.07, 6.45) is 3.16. The minimum atomic E-state index is -0.316. The minimum absolute atomic E-state index is 0.316. The predicted octanol–water partition coefficient (Wildman–Crippen LogP) is 3.95. The predicted molar refractivity (Wildman–Crippen MR) is 104 cm³/mol. The average Bonchev–Trinajstić information content (AvgIpc) is 2.74. The smallest absolute Gasteiger partial charge is 0.274 e. The number of fused-ring (bicyclic) bond motifs is 1. The molecule has 4 aromatic rings. The molecule has 1 N–H and O–H groups in total. The molecule has 0 aliphatic heterocycles. The topological polar surface area (TPSA) is 77.0 Å². The van der Waals surface area contributed by atoms with Crippen molar-refractivity contribution >= 4 is 22.5 Å². The lowest BCUT2D eigenvalue weighted by Gasteiger charge is -2.07. The third-order valence-corrected chi connectivity index (χ3v) is 4.07. The summed E-state index contributed by atoms with van der Waals surface area (Å²) in [5, 5.41) is 3.68. The quantitative estimate of drug-likeness (QED) is 0.599. The third kappa shape index (κ3) is 3.59. The lowest BCUT2D eigenvalue weighted by atomic mass is 10.2. The zero-order chi connectivity index (χ0) is 18.6. The van der Waals surface area contributed by atoms with Gasteiger partial charge in [0.15, 0.2) is 5.82 Å². The molecule has 27 heavy (non-hydrogen) atoms. The van der Waals surface area contributed by atoms with E-state index in [1.54, 1.807) is 25.6 Å². The third-order valence-electron chi connectivity index (χ3n) is 4.07. The number of carbonyl (C=O) groups is 1. The van der Waals surface area contributed by atoms with Crippen LogP contribution in [-0.2, 0) is 0 Å². The maximum Gasteiger partial charge on any atom is 0.274 e. The molecular weight excluding hydrogens is 340 g/mol. The number of rotatable bonds is 4. The van der Waals surface area contributed by atoms with E-state index >= 15 is 0 Å². The van der Waals surface area contributed by atoms with E-state index in [4.69, 9.17) is 4.74 Å². The van der Waals surface area contributed by atoms with Gasteiger partial charge >= 0.3 is 0 Å². The number of pyridine rings is 1. The number of benzene rings is 2. The van der Waals surface area contributed by atoms with Crippen molar-refractivity contribution in [3.8, 4) is 17.1 Å². The van der Waals surface area contributed by atoms with Crippen LogP contribution in [0.25, 0.3) is 22.3 Å². The van der Waals surface area contributed by atoms with E-state index in [0.717, 1.165) is 22.2 Å². The van der Waals surface area contributed by atoms with Crippen LogP contribution in [0, 0.1) is 0 Å². The molecule has 6 nitrogen and oxygen atoms in total. The van der Waals surface area contributed by atoms with E-state index in [0.29, 0.717) is 17.2 Å². The van der Waals surface area contributed by atoms with Crippen molar-refractivity contribution in [2.75, 3.05) is 12.4 Å². The largest absolute Gasteiger partial charge is 0.497 e. The van der Waals surface area contributed by atoms with E-state index in [1.165, 1.54) is 0 Å². The average molecular weight is 356 g/mol. The summed E-state index contributed by atoms with van der Waals surface area (Å²) >= 11 is 0. The highest BCUT2D eigenvalue weighted by Gasteiger charge is 2.10. The maximum atomic E-state index is 12.5. The first-order valence-electron chi connectivity index (χ1n) is 8.36. The van der Waals surface area contributed by atoms with Gasteiger partial charge in [0.25, 0.3) is 5.91 Å². The SMILES string of the molecule is COc1ccc2nc(C(=O)Nc3cnc(-c4ccccc4)nc3)ccc2c1. The van der Waals surface area contributed by atoms with Gasteiger partial charge in [0.2, 0.25) is 0 Å². The van der Waals surface area contributed by atoms with E-state index in [-0.39, 0.29) is 5.91 Å². The van der Waals surface area contributed by atoms with E-state index in [1.807, 2.05) is 54.6 Å². The molecule has 132 valence electrons. The van der Waals surface area contributed by atoms with Crippen molar-refractivity contribution in [2.45, 2.75) is 0 Å². The van der Waals surface area contributed by atoms with Crippen LogP contribution >= 0.6 is 0 Å². The molecule has 0 aliphatic rings. The number of aromatic nitrogens is 3. The molecule has 1 amide bonds. The molecule has 0 bridgehead atoms. The lowest BCUT2D eigenvalue weighted by molar-refractivity contribution is 0.102. The van der Waals surface area contributed by atoms with Crippen LogP contribution in [0.5, 0.6) is 5.75 Å². The normalized spacial score (nSPS) is 10.6. The van der Waals surface area contributed by atoms with Gasteiger partial charge in [0, 0.05) is 10.9 Å². The highest BCUT2D eigenvalue weighted by Crippen LogP contribution is 2.20. The van der Waals surface area contributed by atoms with Gasteiger partial charge in [0.05, 0.1) is 30.7 Å². The van der Waals surface area contributed by atoms with E-state index in [2.05, 4.69) is 20.3 Å². The van der Waals surface area contributed by atoms with Crippen molar-refractivity contribution in [3.05, 3.63) is 78.8 Å². The maximum absolute atomic E-state index is 12.5. The number of anilines is 1. The molecule has 0 aliphatic carbocycles. The number of hydrogen-bond donors (Lipinski definition) is 1. The Balaban J connectivity index is 1.52. The van der Waals surface area contributed by atoms with Gasteiger partial charge in [0.1, 0.15) is 11.4 Å². The number of methoxy groups -OCH3 is 1. The highest BCUT2D eigenvalue weighted by molar-refractivity contribution is 6.04. The number of carbonyl (C=O) groups excluding carboxylic acids is 1. The van der Waals surface area contributed by atoms with Crippen molar-refractivity contribution < 1.29 is 9.53 Å². The lowest BCUT2D eigenvalue weighted by Crippen LogP contribution is -2.14. The van der Waals surface area contributed by atoms with Crippen LogP contribution in [0.2, 0.25) is 0 Å². The molecule has 6 heteroatoms. The Hall–Kier alpha value is -3.80. The van der Waals surface area contributed by atoms with Crippen LogP contribution in [0.3, 0.4) is 0 Å². The number of amides is 1. The van der Waals surface area contributed by atoms with Crippen molar-refractivity contribution in [1.29, 1.82) is 0 Å². The molecule has 0 saturated carbocycles. The zero-order valence-electron chi connectivity index (χ0n) is 14.6. The second-order valence-electron chi connectivity index (χ2n) is 5.87. The Labute approximate surface area is 155 Å². The summed E-state index contributed by atoms with van der Waals surface area (Å²) in [7, 11) is 1.61. The summed E-state index contributed by atoms with van der Waals surface area (Å²) in [4.78, 5) is 25.5. The van der Waals surface area contributed by atoms with E-state index < -0.39 is 0 Å². The molecule has 0 fully saturated rings. The Morgan fingerprint density at radius 1 is 0.963 bits per heavy atom. The van der Waals surface area contributed by atoms with Gasteiger partial charge in [-0.15, -0.1) is 0 Å².